The highest BCUT2D eigenvalue weighted by molar-refractivity contribution is 5.43. The molecule has 17 heavy (non-hydrogen) atoms. The van der Waals surface area contributed by atoms with Crippen LogP contribution < -0.4 is 5.32 Å². The SMILES string of the molecule is CCNc1ncccc1CN(C)CC(C)(C)C. The van der Waals surface area contributed by atoms with Crippen molar-refractivity contribution in [3.05, 3.63) is 23.9 Å². The molecule has 1 aromatic rings. The van der Waals surface area contributed by atoms with Gasteiger partial charge in [-0.25, -0.2) is 4.98 Å². The van der Waals surface area contributed by atoms with Crippen molar-refractivity contribution in [1.82, 2.24) is 9.88 Å². The van der Waals surface area contributed by atoms with E-state index in [-0.39, 0.29) is 0 Å². The van der Waals surface area contributed by atoms with Crippen LogP contribution in [-0.2, 0) is 6.54 Å². The molecule has 0 saturated heterocycles. The van der Waals surface area contributed by atoms with E-state index in [1.165, 1.54) is 5.56 Å². The summed E-state index contributed by atoms with van der Waals surface area (Å²) in [5.74, 6) is 1.01. The van der Waals surface area contributed by atoms with E-state index in [0.29, 0.717) is 5.41 Å². The fourth-order valence-corrected chi connectivity index (χ4v) is 2.05. The van der Waals surface area contributed by atoms with Crippen molar-refractivity contribution >= 4 is 5.82 Å². The van der Waals surface area contributed by atoms with E-state index in [4.69, 9.17) is 0 Å². The molecule has 0 spiro atoms. The van der Waals surface area contributed by atoms with E-state index >= 15 is 0 Å². The maximum absolute atomic E-state index is 4.38. The Bertz CT molecular complexity index is 342. The van der Waals surface area contributed by atoms with Gasteiger partial charge in [0.05, 0.1) is 0 Å². The fourth-order valence-electron chi connectivity index (χ4n) is 2.05. The normalized spacial score (nSPS) is 11.9. The average molecular weight is 235 g/mol. The van der Waals surface area contributed by atoms with E-state index < -0.39 is 0 Å². The lowest BCUT2D eigenvalue weighted by Crippen LogP contribution is -2.29. The van der Waals surface area contributed by atoms with Crippen LogP contribution in [-0.4, -0.2) is 30.0 Å². The first kappa shape index (κ1) is 14.0. The molecule has 0 aliphatic rings. The quantitative estimate of drug-likeness (QED) is 0.850. The molecule has 0 fully saturated rings. The van der Waals surface area contributed by atoms with Gasteiger partial charge < -0.3 is 10.2 Å². The van der Waals surface area contributed by atoms with Gasteiger partial charge in [-0.2, -0.15) is 0 Å². The summed E-state index contributed by atoms with van der Waals surface area (Å²) in [5.41, 5.74) is 1.59. The lowest BCUT2D eigenvalue weighted by Gasteiger charge is -2.27. The maximum atomic E-state index is 4.38. The Kier molecular flexibility index (Phi) is 4.94. The molecule has 3 heteroatoms. The number of anilines is 1. The van der Waals surface area contributed by atoms with Crippen LogP contribution in [0.3, 0.4) is 0 Å². The topological polar surface area (TPSA) is 28.2 Å². The molecule has 1 heterocycles. The molecule has 0 unspecified atom stereocenters. The van der Waals surface area contributed by atoms with Crippen molar-refractivity contribution in [3.63, 3.8) is 0 Å². The Morgan fingerprint density at radius 2 is 2.06 bits per heavy atom. The predicted molar refractivity (Wildman–Crippen MR) is 74.2 cm³/mol. The molecule has 1 aromatic heterocycles. The van der Waals surface area contributed by atoms with Gasteiger partial charge in [0, 0.05) is 31.4 Å². The number of hydrogen-bond donors (Lipinski definition) is 1. The van der Waals surface area contributed by atoms with Crippen LogP contribution >= 0.6 is 0 Å². The van der Waals surface area contributed by atoms with Gasteiger partial charge in [-0.3, -0.25) is 0 Å². The van der Waals surface area contributed by atoms with Crippen molar-refractivity contribution in [1.29, 1.82) is 0 Å². The fraction of sp³-hybridized carbons (Fsp3) is 0.643. The maximum Gasteiger partial charge on any atom is 0.130 e. The first-order valence-corrected chi connectivity index (χ1v) is 6.28. The Morgan fingerprint density at radius 3 is 2.65 bits per heavy atom. The summed E-state index contributed by atoms with van der Waals surface area (Å²) in [6.45, 7) is 11.8. The molecule has 96 valence electrons. The zero-order valence-electron chi connectivity index (χ0n) is 11.7. The van der Waals surface area contributed by atoms with Crippen LogP contribution in [0.25, 0.3) is 0 Å². The zero-order chi connectivity index (χ0) is 12.9. The molecule has 0 amide bonds. The third-order valence-corrected chi connectivity index (χ3v) is 2.42. The van der Waals surface area contributed by atoms with Crippen molar-refractivity contribution in [2.24, 2.45) is 5.41 Å². The summed E-state index contributed by atoms with van der Waals surface area (Å²) >= 11 is 0. The first-order valence-electron chi connectivity index (χ1n) is 6.28. The molecule has 1 N–H and O–H groups in total. The lowest BCUT2D eigenvalue weighted by molar-refractivity contribution is 0.221. The van der Waals surface area contributed by atoms with Crippen LogP contribution in [0.4, 0.5) is 5.82 Å². The van der Waals surface area contributed by atoms with Gasteiger partial charge in [0.25, 0.3) is 0 Å². The Labute approximate surface area is 105 Å². The smallest absolute Gasteiger partial charge is 0.130 e. The summed E-state index contributed by atoms with van der Waals surface area (Å²) in [7, 11) is 2.16. The van der Waals surface area contributed by atoms with Crippen molar-refractivity contribution in [3.8, 4) is 0 Å². The van der Waals surface area contributed by atoms with E-state index in [2.05, 4.69) is 56.0 Å². The molecule has 0 saturated carbocycles. The van der Waals surface area contributed by atoms with Crippen molar-refractivity contribution in [2.45, 2.75) is 34.2 Å². The number of pyridine rings is 1. The van der Waals surface area contributed by atoms with E-state index in [9.17, 15) is 0 Å². The third kappa shape index (κ3) is 5.18. The lowest BCUT2D eigenvalue weighted by atomic mass is 9.96. The second-order valence-electron chi connectivity index (χ2n) is 5.77. The number of hydrogen-bond acceptors (Lipinski definition) is 3. The zero-order valence-corrected chi connectivity index (χ0v) is 11.7. The van der Waals surface area contributed by atoms with E-state index in [1.54, 1.807) is 0 Å². The molecule has 3 nitrogen and oxygen atoms in total. The van der Waals surface area contributed by atoms with Crippen molar-refractivity contribution < 1.29 is 0 Å². The van der Waals surface area contributed by atoms with E-state index in [1.807, 2.05) is 12.3 Å². The van der Waals surface area contributed by atoms with Gasteiger partial charge >= 0.3 is 0 Å². The molecule has 0 aromatic carbocycles. The van der Waals surface area contributed by atoms with Gasteiger partial charge in [0.1, 0.15) is 5.82 Å². The molecule has 1 rings (SSSR count). The molecular formula is C14H25N3. The predicted octanol–water partition coefficient (Wildman–Crippen LogP) is 2.99. The summed E-state index contributed by atoms with van der Waals surface area (Å²) in [6.07, 6.45) is 1.84. The number of nitrogens with one attached hydrogen (secondary N) is 1. The summed E-state index contributed by atoms with van der Waals surface area (Å²) in [6, 6.07) is 4.14. The second-order valence-corrected chi connectivity index (χ2v) is 5.77. The van der Waals surface area contributed by atoms with Gasteiger partial charge in [-0.1, -0.05) is 26.8 Å². The number of rotatable bonds is 5. The van der Waals surface area contributed by atoms with Crippen LogP contribution in [0.2, 0.25) is 0 Å². The Hall–Kier alpha value is -1.09. The largest absolute Gasteiger partial charge is 0.370 e. The highest BCUT2D eigenvalue weighted by atomic mass is 15.1. The van der Waals surface area contributed by atoms with Crippen LogP contribution in [0.15, 0.2) is 18.3 Å². The Balaban J connectivity index is 2.67. The minimum atomic E-state index is 0.329. The molecular weight excluding hydrogens is 210 g/mol. The molecule has 0 radical (unpaired) electrons. The summed E-state index contributed by atoms with van der Waals surface area (Å²) in [4.78, 5) is 6.73. The average Bonchev–Trinajstić information content (AvgIpc) is 2.18. The third-order valence-electron chi connectivity index (χ3n) is 2.42. The number of nitrogens with zero attached hydrogens (tertiary/aromatic N) is 2. The van der Waals surface area contributed by atoms with Crippen LogP contribution in [0, 0.1) is 5.41 Å². The molecule has 0 atom stereocenters. The molecule has 0 aliphatic carbocycles. The van der Waals surface area contributed by atoms with Gasteiger partial charge in [0.2, 0.25) is 0 Å². The van der Waals surface area contributed by atoms with Gasteiger partial charge in [-0.15, -0.1) is 0 Å². The standard InChI is InChI=1S/C14H25N3/c1-6-15-13-12(8-7-9-16-13)10-17(5)11-14(2,3)4/h7-9H,6,10-11H2,1-5H3,(H,15,16). The Morgan fingerprint density at radius 1 is 1.35 bits per heavy atom. The highest BCUT2D eigenvalue weighted by Crippen LogP contribution is 2.18. The second kappa shape index (κ2) is 6.01. The first-order chi connectivity index (χ1) is 7.92. The van der Waals surface area contributed by atoms with Crippen LogP contribution in [0.5, 0.6) is 0 Å². The minimum absolute atomic E-state index is 0.329. The summed E-state index contributed by atoms with van der Waals surface area (Å²) < 4.78 is 0. The number of aromatic nitrogens is 1. The van der Waals surface area contributed by atoms with Gasteiger partial charge in [0.15, 0.2) is 0 Å². The van der Waals surface area contributed by atoms with E-state index in [0.717, 1.165) is 25.5 Å². The minimum Gasteiger partial charge on any atom is -0.370 e. The summed E-state index contributed by atoms with van der Waals surface area (Å²) in [5, 5.41) is 3.31. The van der Waals surface area contributed by atoms with Crippen molar-refractivity contribution in [2.75, 3.05) is 25.5 Å². The molecule has 0 aliphatic heterocycles. The van der Waals surface area contributed by atoms with Crippen LogP contribution in [0.1, 0.15) is 33.3 Å². The molecule has 0 bridgehead atoms. The highest BCUT2D eigenvalue weighted by Gasteiger charge is 2.14. The monoisotopic (exact) mass is 235 g/mol. The van der Waals surface area contributed by atoms with Gasteiger partial charge in [-0.05, 0) is 25.5 Å².